The molecule has 6 nitrogen and oxygen atoms in total. The quantitative estimate of drug-likeness (QED) is 0.208. The zero-order valence-corrected chi connectivity index (χ0v) is 35.7. The van der Waals surface area contributed by atoms with Gasteiger partial charge in [-0.25, -0.2) is 9.59 Å². The highest BCUT2D eigenvalue weighted by molar-refractivity contribution is 6.33. The van der Waals surface area contributed by atoms with Gasteiger partial charge in [-0.05, 0) is 170 Å². The van der Waals surface area contributed by atoms with Crippen molar-refractivity contribution in [3.05, 3.63) is 62.6 Å². The average molecular weight is 796 g/mol. The van der Waals surface area contributed by atoms with Gasteiger partial charge in [0.2, 0.25) is 0 Å². The van der Waals surface area contributed by atoms with Crippen LogP contribution in [0.15, 0.2) is 30.3 Å². The van der Waals surface area contributed by atoms with Gasteiger partial charge in [-0.15, -0.1) is 0 Å². The fourth-order valence-electron chi connectivity index (χ4n) is 12.5. The molecule has 0 amide bonds. The van der Waals surface area contributed by atoms with Crippen molar-refractivity contribution in [3.63, 3.8) is 0 Å². The summed E-state index contributed by atoms with van der Waals surface area (Å²) in [6.07, 6.45) is 20.2. The van der Waals surface area contributed by atoms with Crippen molar-refractivity contribution in [2.24, 2.45) is 58.2 Å². The third kappa shape index (κ3) is 8.20. The molecule has 0 spiro atoms. The molecule has 2 aromatic rings. The summed E-state index contributed by atoms with van der Waals surface area (Å²) in [5.74, 6) is 4.34. The highest BCUT2D eigenvalue weighted by Gasteiger charge is 2.60. The molecule has 8 heteroatoms. The number of methoxy groups -OCH3 is 2. The molecule has 6 rings (SSSR count). The molecule has 4 aliphatic carbocycles. The maximum absolute atomic E-state index is 12.6. The number of fused-ring (bicyclic) bond motifs is 5. The first-order chi connectivity index (χ1) is 26.1. The van der Waals surface area contributed by atoms with E-state index in [1.807, 2.05) is 0 Å². The molecular formula is C47H64Cl2O6. The first-order valence-corrected chi connectivity index (χ1v) is 21.8. The summed E-state index contributed by atoms with van der Waals surface area (Å²) in [4.78, 5) is 25.2. The SMILES string of the molecule is COC(=O)c1cc(C(=CCC[C@H]2CC[C@@]3(C)[C@H](CC[C@@H]4[C@@H]3CC[C@]3(C)[C@@H]([C@@H](C)CCCC(C)C)CC[C@@H]43)C2)c2cc(Cl)c(O)c(C(=O)OC)c2)cc(Cl)c1O. The molecule has 0 saturated heterocycles. The number of carbonyl (C=O) groups is 2. The van der Waals surface area contributed by atoms with Crippen molar-refractivity contribution in [2.75, 3.05) is 14.2 Å². The fraction of sp³-hybridized carbons (Fsp3) is 0.660. The van der Waals surface area contributed by atoms with Crippen LogP contribution < -0.4 is 0 Å². The van der Waals surface area contributed by atoms with E-state index in [4.69, 9.17) is 32.7 Å². The lowest BCUT2D eigenvalue weighted by atomic mass is 9.44. The fourth-order valence-corrected chi connectivity index (χ4v) is 13.0. The molecule has 0 heterocycles. The molecule has 0 bridgehead atoms. The minimum Gasteiger partial charge on any atom is -0.505 e. The Morgan fingerprint density at radius 2 is 1.38 bits per heavy atom. The van der Waals surface area contributed by atoms with Crippen LogP contribution in [0, 0.1) is 58.2 Å². The number of rotatable bonds is 12. The lowest BCUT2D eigenvalue weighted by Crippen LogP contribution is -2.53. The van der Waals surface area contributed by atoms with Gasteiger partial charge in [0.1, 0.15) is 22.6 Å². The van der Waals surface area contributed by atoms with Gasteiger partial charge in [0.15, 0.2) is 0 Å². The maximum atomic E-state index is 12.6. The number of carbonyl (C=O) groups excluding carboxylic acids is 2. The molecule has 0 aromatic heterocycles. The predicted molar refractivity (Wildman–Crippen MR) is 222 cm³/mol. The van der Waals surface area contributed by atoms with Crippen LogP contribution in [0.5, 0.6) is 11.5 Å². The van der Waals surface area contributed by atoms with Crippen LogP contribution in [0.3, 0.4) is 0 Å². The van der Waals surface area contributed by atoms with Crippen LogP contribution in [-0.2, 0) is 9.47 Å². The molecule has 0 aliphatic heterocycles. The molecule has 9 atom stereocenters. The van der Waals surface area contributed by atoms with Gasteiger partial charge in [0, 0.05) is 0 Å². The highest BCUT2D eigenvalue weighted by atomic mass is 35.5. The number of hydrogen-bond donors (Lipinski definition) is 2. The Bertz CT molecular complexity index is 1690. The third-order valence-corrected chi connectivity index (χ3v) is 16.0. The minimum atomic E-state index is -0.721. The van der Waals surface area contributed by atoms with E-state index in [0.29, 0.717) is 33.4 Å². The summed E-state index contributed by atoms with van der Waals surface area (Å²) in [6, 6.07) is 6.26. The summed E-state index contributed by atoms with van der Waals surface area (Å²) in [5, 5.41) is 21.2. The molecular weight excluding hydrogens is 731 g/mol. The summed E-state index contributed by atoms with van der Waals surface area (Å²) in [5.41, 5.74) is 2.59. The first kappa shape index (κ1) is 41.9. The van der Waals surface area contributed by atoms with Crippen molar-refractivity contribution >= 4 is 40.7 Å². The molecule has 55 heavy (non-hydrogen) atoms. The number of phenols is 2. The van der Waals surface area contributed by atoms with Crippen LogP contribution >= 0.6 is 23.2 Å². The minimum absolute atomic E-state index is 0.00339. The zero-order valence-electron chi connectivity index (χ0n) is 34.2. The number of halogens is 2. The Hall–Kier alpha value is -2.70. The summed E-state index contributed by atoms with van der Waals surface area (Å²) >= 11 is 12.9. The number of hydrogen-bond acceptors (Lipinski definition) is 6. The molecule has 2 N–H and O–H groups in total. The molecule has 4 fully saturated rings. The normalized spacial score (nSPS) is 30.5. The van der Waals surface area contributed by atoms with Gasteiger partial charge in [0.05, 0.1) is 24.3 Å². The van der Waals surface area contributed by atoms with E-state index >= 15 is 0 Å². The standard InChI is InChI=1S/C47H64Cl2O6/c1-27(2)10-8-11-28(3)37-16-17-38-34-15-14-32-22-29(18-20-46(32,4)39(34)19-21-47(37,38)5)12-9-13-33(30-23-35(44(52)54-6)42(50)40(48)25-30)31-24-36(45(53)55-7)43(51)41(49)26-31/h13,23-29,32,34,37-39,50-51H,8-12,14-22H2,1-7H3/t28-,29-,32+,34-,37+,38-,39-,46-,47+/m0/s1. The van der Waals surface area contributed by atoms with Crippen LogP contribution in [0.2, 0.25) is 10.0 Å². The Morgan fingerprint density at radius 3 is 1.96 bits per heavy atom. The van der Waals surface area contributed by atoms with E-state index < -0.39 is 11.9 Å². The highest BCUT2D eigenvalue weighted by Crippen LogP contribution is 2.69. The van der Waals surface area contributed by atoms with Crippen LogP contribution in [0.25, 0.3) is 5.57 Å². The lowest BCUT2D eigenvalue weighted by Gasteiger charge is -2.61. The van der Waals surface area contributed by atoms with E-state index in [1.54, 1.807) is 12.1 Å². The number of aromatic hydroxyl groups is 2. The Morgan fingerprint density at radius 1 is 0.800 bits per heavy atom. The number of esters is 2. The maximum Gasteiger partial charge on any atom is 0.341 e. The van der Waals surface area contributed by atoms with E-state index in [0.717, 1.165) is 54.3 Å². The van der Waals surface area contributed by atoms with Crippen molar-refractivity contribution in [2.45, 2.75) is 125 Å². The van der Waals surface area contributed by atoms with Crippen LogP contribution in [0.1, 0.15) is 156 Å². The zero-order chi connectivity index (χ0) is 39.8. The van der Waals surface area contributed by atoms with Gasteiger partial charge in [-0.3, -0.25) is 0 Å². The first-order valence-electron chi connectivity index (χ1n) is 21.0. The molecule has 4 saturated carbocycles. The third-order valence-electron chi connectivity index (χ3n) is 15.5. The second-order valence-electron chi connectivity index (χ2n) is 18.7. The molecule has 302 valence electrons. The number of allylic oxidation sites excluding steroid dienone is 1. The van der Waals surface area contributed by atoms with Crippen LogP contribution in [0.4, 0.5) is 0 Å². The Kier molecular flexibility index (Phi) is 13.0. The summed E-state index contributed by atoms with van der Waals surface area (Å²) in [7, 11) is 2.49. The molecule has 0 unspecified atom stereocenters. The van der Waals surface area contributed by atoms with Crippen molar-refractivity contribution < 1.29 is 29.3 Å². The van der Waals surface area contributed by atoms with E-state index in [1.165, 1.54) is 103 Å². The van der Waals surface area contributed by atoms with Crippen LogP contribution in [-0.4, -0.2) is 36.4 Å². The smallest absolute Gasteiger partial charge is 0.341 e. The summed E-state index contributed by atoms with van der Waals surface area (Å²) in [6.45, 7) is 12.6. The van der Waals surface area contributed by atoms with Gasteiger partial charge < -0.3 is 19.7 Å². The van der Waals surface area contributed by atoms with E-state index in [2.05, 4.69) is 40.7 Å². The Balaban J connectivity index is 1.18. The molecule has 2 aromatic carbocycles. The van der Waals surface area contributed by atoms with E-state index in [-0.39, 0.29) is 32.7 Å². The van der Waals surface area contributed by atoms with Crippen molar-refractivity contribution in [3.8, 4) is 11.5 Å². The van der Waals surface area contributed by atoms with Gasteiger partial charge in [0.25, 0.3) is 0 Å². The lowest BCUT2D eigenvalue weighted by molar-refractivity contribution is -0.121. The predicted octanol–water partition coefficient (Wildman–Crippen LogP) is 12.9. The largest absolute Gasteiger partial charge is 0.505 e. The Labute approximate surface area is 339 Å². The van der Waals surface area contributed by atoms with Crippen molar-refractivity contribution in [1.29, 1.82) is 0 Å². The topological polar surface area (TPSA) is 93.1 Å². The van der Waals surface area contributed by atoms with Gasteiger partial charge in [-0.1, -0.05) is 83.2 Å². The monoisotopic (exact) mass is 794 g/mol. The number of benzene rings is 2. The van der Waals surface area contributed by atoms with E-state index in [9.17, 15) is 19.8 Å². The second-order valence-corrected chi connectivity index (χ2v) is 19.5. The molecule has 0 radical (unpaired) electrons. The van der Waals surface area contributed by atoms with Gasteiger partial charge in [-0.2, -0.15) is 0 Å². The molecule has 4 aliphatic rings. The number of phenolic OH excluding ortho intramolecular Hbond substituents is 2. The second kappa shape index (κ2) is 17.0. The number of ether oxygens (including phenoxy) is 2. The van der Waals surface area contributed by atoms with Crippen molar-refractivity contribution in [1.82, 2.24) is 0 Å². The average Bonchev–Trinajstić information content (AvgIpc) is 3.52. The summed E-state index contributed by atoms with van der Waals surface area (Å²) < 4.78 is 9.85. The van der Waals surface area contributed by atoms with Gasteiger partial charge >= 0.3 is 11.9 Å².